The Morgan fingerprint density at radius 2 is 1.97 bits per heavy atom. The Labute approximate surface area is 193 Å². The van der Waals surface area contributed by atoms with E-state index < -0.39 is 18.1 Å². The molecule has 13 heteroatoms. The minimum absolute atomic E-state index is 0.0125. The van der Waals surface area contributed by atoms with Crippen molar-refractivity contribution in [1.29, 1.82) is 0 Å². The van der Waals surface area contributed by atoms with Crippen molar-refractivity contribution in [2.24, 2.45) is 0 Å². The first-order chi connectivity index (χ1) is 16.2. The summed E-state index contributed by atoms with van der Waals surface area (Å²) in [5.74, 6) is 0.205. The second-order valence-electron chi connectivity index (χ2n) is 7.28. The number of carbonyl (C=O) groups is 1. The topological polar surface area (TPSA) is 138 Å². The first kappa shape index (κ1) is 26.8. The standard InChI is InChI=1S/C15H19F3N2O3.C6H9N3O2/c1-22-13-8-7-11(23-15(16,17)18)9-12(13)20-14(21)19-10-5-3-2-4-6-10;10-4-3-8-6-7-2-1-5(11)9-6/h7-10H,2-6H2,1H3,(H2,19,20,21);1-2,10H,3-4H2,(H2,7,8,9,11). The number of hydrogen-bond acceptors (Lipinski definition) is 7. The number of carbonyl (C=O) groups excluding carboxylic acids is 1. The average Bonchev–Trinajstić information content (AvgIpc) is 2.78. The highest BCUT2D eigenvalue weighted by molar-refractivity contribution is 5.91. The maximum Gasteiger partial charge on any atom is 0.573 e. The van der Waals surface area contributed by atoms with Gasteiger partial charge in [-0.25, -0.2) is 9.78 Å². The Balaban J connectivity index is 0.000000310. The number of benzene rings is 1. The Hall–Kier alpha value is -3.48. The monoisotopic (exact) mass is 487 g/mol. The van der Waals surface area contributed by atoms with E-state index in [0.717, 1.165) is 44.2 Å². The van der Waals surface area contributed by atoms with Gasteiger partial charge in [0, 0.05) is 30.9 Å². The summed E-state index contributed by atoms with van der Waals surface area (Å²) in [6, 6.07) is 4.44. The molecule has 2 amide bonds. The van der Waals surface area contributed by atoms with Crippen LogP contribution in [0.15, 0.2) is 35.3 Å². The van der Waals surface area contributed by atoms with Gasteiger partial charge in [0.2, 0.25) is 5.95 Å². The molecule has 1 aromatic carbocycles. The van der Waals surface area contributed by atoms with E-state index in [9.17, 15) is 22.8 Å². The number of aromatic amines is 1. The van der Waals surface area contributed by atoms with Crippen LogP contribution in [0.3, 0.4) is 0 Å². The molecule has 1 heterocycles. The number of halogens is 3. The van der Waals surface area contributed by atoms with Crippen molar-refractivity contribution in [2.75, 3.05) is 30.9 Å². The summed E-state index contributed by atoms with van der Waals surface area (Å²) < 4.78 is 45.7. The maximum absolute atomic E-state index is 12.3. The zero-order valence-corrected chi connectivity index (χ0v) is 18.6. The minimum atomic E-state index is -4.80. The molecule has 0 saturated heterocycles. The lowest BCUT2D eigenvalue weighted by molar-refractivity contribution is -0.274. The van der Waals surface area contributed by atoms with Crippen LogP contribution in [0, 0.1) is 0 Å². The third-order valence-corrected chi connectivity index (χ3v) is 4.67. The number of nitrogens with zero attached hydrogens (tertiary/aromatic N) is 1. The van der Waals surface area contributed by atoms with Gasteiger partial charge in [0.15, 0.2) is 0 Å². The van der Waals surface area contributed by atoms with E-state index in [1.807, 2.05) is 0 Å². The third-order valence-electron chi connectivity index (χ3n) is 4.67. The third kappa shape index (κ3) is 9.98. The highest BCUT2D eigenvalue weighted by Crippen LogP contribution is 2.32. The number of methoxy groups -OCH3 is 1. The number of rotatable bonds is 7. The number of ether oxygens (including phenoxy) is 2. The lowest BCUT2D eigenvalue weighted by Crippen LogP contribution is -2.39. The Morgan fingerprint density at radius 3 is 2.59 bits per heavy atom. The summed E-state index contributed by atoms with van der Waals surface area (Å²) in [6.07, 6.45) is 1.69. The van der Waals surface area contributed by atoms with Crippen LogP contribution in [0.1, 0.15) is 32.1 Å². The van der Waals surface area contributed by atoms with Gasteiger partial charge in [-0.3, -0.25) is 9.78 Å². The van der Waals surface area contributed by atoms with E-state index in [0.29, 0.717) is 12.5 Å². The molecule has 1 aliphatic carbocycles. The molecule has 1 aliphatic rings. The van der Waals surface area contributed by atoms with E-state index in [1.165, 1.54) is 25.4 Å². The summed E-state index contributed by atoms with van der Waals surface area (Å²) >= 11 is 0. The summed E-state index contributed by atoms with van der Waals surface area (Å²) in [6.45, 7) is 0.394. The van der Waals surface area contributed by atoms with Crippen molar-refractivity contribution < 1.29 is 32.5 Å². The number of aromatic nitrogens is 2. The number of aliphatic hydroxyl groups excluding tert-OH is 1. The second-order valence-corrected chi connectivity index (χ2v) is 7.28. The van der Waals surface area contributed by atoms with Crippen LogP contribution in [-0.2, 0) is 0 Å². The largest absolute Gasteiger partial charge is 0.573 e. The van der Waals surface area contributed by atoms with Gasteiger partial charge < -0.3 is 30.5 Å². The van der Waals surface area contributed by atoms with Gasteiger partial charge in [0.25, 0.3) is 5.56 Å². The molecule has 10 nitrogen and oxygen atoms in total. The van der Waals surface area contributed by atoms with Crippen molar-refractivity contribution in [2.45, 2.75) is 44.5 Å². The molecule has 5 N–H and O–H groups in total. The maximum atomic E-state index is 12.3. The molecule has 0 radical (unpaired) electrons. The highest BCUT2D eigenvalue weighted by atomic mass is 19.4. The van der Waals surface area contributed by atoms with Gasteiger partial charge in [-0.1, -0.05) is 19.3 Å². The number of alkyl halides is 3. The number of aliphatic hydroxyl groups is 1. The number of amides is 2. The van der Waals surface area contributed by atoms with E-state index >= 15 is 0 Å². The number of hydrogen-bond donors (Lipinski definition) is 5. The summed E-state index contributed by atoms with van der Waals surface area (Å²) in [4.78, 5) is 28.9. The number of nitrogens with one attached hydrogen (secondary N) is 4. The molecule has 2 aromatic rings. The number of H-pyrrole nitrogens is 1. The van der Waals surface area contributed by atoms with Crippen LogP contribution in [0.4, 0.5) is 29.6 Å². The van der Waals surface area contributed by atoms with Crippen molar-refractivity contribution in [1.82, 2.24) is 15.3 Å². The van der Waals surface area contributed by atoms with Crippen molar-refractivity contribution in [3.05, 3.63) is 40.8 Å². The second kappa shape index (κ2) is 13.3. The molecular weight excluding hydrogens is 459 g/mol. The van der Waals surface area contributed by atoms with Crippen LogP contribution >= 0.6 is 0 Å². The molecule has 188 valence electrons. The van der Waals surface area contributed by atoms with E-state index in [1.54, 1.807) is 0 Å². The number of urea groups is 1. The molecule has 1 aromatic heterocycles. The van der Waals surface area contributed by atoms with E-state index in [-0.39, 0.29) is 29.6 Å². The first-order valence-corrected chi connectivity index (χ1v) is 10.6. The molecule has 3 rings (SSSR count). The summed E-state index contributed by atoms with van der Waals surface area (Å²) in [7, 11) is 1.36. The lowest BCUT2D eigenvalue weighted by Gasteiger charge is -2.23. The van der Waals surface area contributed by atoms with E-state index in [2.05, 4.69) is 30.7 Å². The molecule has 0 unspecified atom stereocenters. The zero-order chi connectivity index (χ0) is 25.0. The average molecular weight is 487 g/mol. The highest BCUT2D eigenvalue weighted by Gasteiger charge is 2.31. The van der Waals surface area contributed by atoms with Gasteiger partial charge in [0.1, 0.15) is 11.5 Å². The Morgan fingerprint density at radius 1 is 1.24 bits per heavy atom. The van der Waals surface area contributed by atoms with Crippen LogP contribution in [-0.4, -0.2) is 53.8 Å². The van der Waals surface area contributed by atoms with Gasteiger partial charge in [-0.2, -0.15) is 0 Å². The van der Waals surface area contributed by atoms with Crippen LogP contribution in [0.2, 0.25) is 0 Å². The fraction of sp³-hybridized carbons (Fsp3) is 0.476. The van der Waals surface area contributed by atoms with Crippen LogP contribution < -0.4 is 31.0 Å². The van der Waals surface area contributed by atoms with Crippen molar-refractivity contribution >= 4 is 17.7 Å². The van der Waals surface area contributed by atoms with Crippen molar-refractivity contribution in [3.8, 4) is 11.5 Å². The molecule has 0 bridgehead atoms. The molecular formula is C21H28F3N5O5. The van der Waals surface area contributed by atoms with Gasteiger partial charge >= 0.3 is 12.4 Å². The Bertz CT molecular complexity index is 964. The smallest absolute Gasteiger partial charge is 0.495 e. The van der Waals surface area contributed by atoms with Crippen LogP contribution in [0.5, 0.6) is 11.5 Å². The van der Waals surface area contributed by atoms with Crippen molar-refractivity contribution in [3.63, 3.8) is 0 Å². The SMILES string of the molecule is COc1ccc(OC(F)(F)F)cc1NC(=O)NC1CCCCC1.O=c1ccnc(NCCO)[nH]1. The fourth-order valence-electron chi connectivity index (χ4n) is 3.21. The predicted octanol–water partition coefficient (Wildman–Crippen LogP) is 3.22. The Kier molecular flexibility index (Phi) is 10.5. The molecule has 0 atom stereocenters. The number of anilines is 2. The summed E-state index contributed by atoms with van der Waals surface area (Å²) in [5, 5.41) is 16.5. The van der Waals surface area contributed by atoms with Gasteiger partial charge in [-0.05, 0) is 25.0 Å². The summed E-state index contributed by atoms with van der Waals surface area (Å²) in [5.41, 5.74) is -0.0944. The fourth-order valence-corrected chi connectivity index (χ4v) is 3.21. The minimum Gasteiger partial charge on any atom is -0.495 e. The molecule has 0 spiro atoms. The zero-order valence-electron chi connectivity index (χ0n) is 18.6. The predicted molar refractivity (Wildman–Crippen MR) is 119 cm³/mol. The quantitative estimate of drug-likeness (QED) is 0.404. The van der Waals surface area contributed by atoms with Gasteiger partial charge in [-0.15, -0.1) is 13.2 Å². The molecule has 34 heavy (non-hydrogen) atoms. The van der Waals surface area contributed by atoms with E-state index in [4.69, 9.17) is 9.84 Å². The first-order valence-electron chi connectivity index (χ1n) is 10.6. The van der Waals surface area contributed by atoms with Crippen LogP contribution in [0.25, 0.3) is 0 Å². The molecule has 0 aliphatic heterocycles. The molecule has 1 saturated carbocycles. The normalized spacial score (nSPS) is 13.8. The molecule has 1 fully saturated rings. The van der Waals surface area contributed by atoms with Gasteiger partial charge in [0.05, 0.1) is 19.4 Å². The lowest BCUT2D eigenvalue weighted by atomic mass is 9.96.